The molecule has 0 bridgehead atoms. The molecule has 1 aliphatic rings. The van der Waals surface area contributed by atoms with Crippen molar-refractivity contribution in [2.24, 2.45) is 17.3 Å². The molecular weight excluding hydrogens is 188 g/mol. The second-order valence-electron chi connectivity index (χ2n) is 5.69. The summed E-state index contributed by atoms with van der Waals surface area (Å²) in [6.07, 6.45) is 3.81. The van der Waals surface area contributed by atoms with Crippen molar-refractivity contribution in [3.8, 4) is 0 Å². The van der Waals surface area contributed by atoms with E-state index in [4.69, 9.17) is 4.74 Å². The lowest BCUT2D eigenvalue weighted by molar-refractivity contribution is -0.115. The minimum atomic E-state index is -0.228. The molecule has 0 aliphatic carbocycles. The number of rotatable bonds is 6. The fraction of sp³-hybridized carbons (Fsp3) is 0.923. The molecule has 0 N–H and O–H groups in total. The monoisotopic (exact) mass is 212 g/mol. The number of hydrogen-bond donors (Lipinski definition) is 0. The van der Waals surface area contributed by atoms with Gasteiger partial charge in [0.2, 0.25) is 0 Å². The third-order valence-electron chi connectivity index (χ3n) is 3.73. The lowest BCUT2D eigenvalue weighted by Crippen LogP contribution is -2.20. The second-order valence-corrected chi connectivity index (χ2v) is 5.69. The summed E-state index contributed by atoms with van der Waals surface area (Å²) >= 11 is 0. The van der Waals surface area contributed by atoms with Crippen LogP contribution in [-0.2, 0) is 9.53 Å². The molecule has 2 nitrogen and oxygen atoms in total. The van der Waals surface area contributed by atoms with Crippen molar-refractivity contribution in [1.82, 2.24) is 0 Å². The molecule has 1 aliphatic heterocycles. The number of epoxide rings is 1. The topological polar surface area (TPSA) is 29.6 Å². The van der Waals surface area contributed by atoms with E-state index in [1.807, 2.05) is 13.8 Å². The third-order valence-corrected chi connectivity index (χ3v) is 3.73. The average molecular weight is 212 g/mol. The summed E-state index contributed by atoms with van der Waals surface area (Å²) in [5.74, 6) is 1.32. The van der Waals surface area contributed by atoms with Crippen LogP contribution < -0.4 is 0 Å². The third kappa shape index (κ3) is 3.30. The molecule has 0 aromatic heterocycles. The molecule has 0 spiro atoms. The number of carbonyl (C=O) groups is 1. The van der Waals surface area contributed by atoms with Gasteiger partial charge in [-0.1, -0.05) is 41.0 Å². The highest BCUT2D eigenvalue weighted by molar-refractivity contribution is 5.58. The number of carbonyl (C=O) groups excluding carboxylic acids is 1. The normalized spacial score (nSPS) is 29.7. The maximum absolute atomic E-state index is 10.8. The summed E-state index contributed by atoms with van der Waals surface area (Å²) in [6.45, 7) is 10.7. The van der Waals surface area contributed by atoms with Crippen LogP contribution in [0.2, 0.25) is 0 Å². The Kier molecular flexibility index (Phi) is 3.93. The van der Waals surface area contributed by atoms with E-state index in [1.54, 1.807) is 0 Å². The molecule has 0 amide bonds. The minimum absolute atomic E-state index is 0.228. The molecule has 2 heteroatoms. The largest absolute Gasteiger partial charge is 0.369 e. The molecule has 15 heavy (non-hydrogen) atoms. The van der Waals surface area contributed by atoms with Crippen molar-refractivity contribution in [1.29, 1.82) is 0 Å². The summed E-state index contributed by atoms with van der Waals surface area (Å²) in [5.41, 5.74) is -0.228. The van der Waals surface area contributed by atoms with E-state index in [-0.39, 0.29) is 5.41 Å². The van der Waals surface area contributed by atoms with E-state index < -0.39 is 0 Å². The molecule has 0 aromatic carbocycles. The standard InChI is InChI=1S/C13H24O2/c1-6-9(2)10(3)12-11(15-12)7-13(4,5)8-14/h8-12H,6-7H2,1-5H3/t9-,10+,11+,12+/m0/s1. The van der Waals surface area contributed by atoms with Gasteiger partial charge in [-0.2, -0.15) is 0 Å². The first-order valence-electron chi connectivity index (χ1n) is 6.03. The van der Waals surface area contributed by atoms with E-state index in [0.717, 1.165) is 12.7 Å². The van der Waals surface area contributed by atoms with Gasteiger partial charge in [0.25, 0.3) is 0 Å². The molecule has 1 rings (SSSR count). The molecule has 0 saturated carbocycles. The van der Waals surface area contributed by atoms with Crippen molar-refractivity contribution in [2.45, 2.75) is 59.7 Å². The first-order valence-corrected chi connectivity index (χ1v) is 6.03. The van der Waals surface area contributed by atoms with E-state index in [0.29, 0.717) is 24.0 Å². The summed E-state index contributed by atoms with van der Waals surface area (Å²) in [5, 5.41) is 0. The van der Waals surface area contributed by atoms with Gasteiger partial charge in [0, 0.05) is 5.41 Å². The molecule has 1 saturated heterocycles. The zero-order valence-electron chi connectivity index (χ0n) is 10.6. The van der Waals surface area contributed by atoms with E-state index >= 15 is 0 Å². The summed E-state index contributed by atoms with van der Waals surface area (Å²) < 4.78 is 5.68. The number of ether oxygens (including phenoxy) is 1. The Balaban J connectivity index is 2.37. The van der Waals surface area contributed by atoms with Crippen molar-refractivity contribution >= 4 is 6.29 Å². The second kappa shape index (κ2) is 4.65. The minimum Gasteiger partial charge on any atom is -0.369 e. The van der Waals surface area contributed by atoms with Gasteiger partial charge in [-0.25, -0.2) is 0 Å². The van der Waals surface area contributed by atoms with Gasteiger partial charge >= 0.3 is 0 Å². The first-order chi connectivity index (χ1) is 6.91. The van der Waals surface area contributed by atoms with Crippen molar-refractivity contribution in [2.75, 3.05) is 0 Å². The highest BCUT2D eigenvalue weighted by Gasteiger charge is 2.46. The Morgan fingerprint density at radius 3 is 2.47 bits per heavy atom. The van der Waals surface area contributed by atoms with Crippen LogP contribution in [0.3, 0.4) is 0 Å². The average Bonchev–Trinajstić information content (AvgIpc) is 2.94. The molecule has 0 aromatic rings. The molecule has 1 fully saturated rings. The van der Waals surface area contributed by atoms with Gasteiger partial charge in [-0.05, 0) is 18.3 Å². The fourth-order valence-corrected chi connectivity index (χ4v) is 2.05. The molecule has 88 valence electrons. The van der Waals surface area contributed by atoms with Crippen LogP contribution in [0.25, 0.3) is 0 Å². The Hall–Kier alpha value is -0.370. The number of aldehydes is 1. The van der Waals surface area contributed by atoms with Gasteiger partial charge in [0.15, 0.2) is 0 Å². The van der Waals surface area contributed by atoms with Gasteiger partial charge in [0.05, 0.1) is 12.2 Å². The first kappa shape index (κ1) is 12.7. The van der Waals surface area contributed by atoms with E-state index in [9.17, 15) is 4.79 Å². The Bertz CT molecular complexity index is 223. The van der Waals surface area contributed by atoms with E-state index in [2.05, 4.69) is 20.8 Å². The van der Waals surface area contributed by atoms with Crippen LogP contribution in [0, 0.1) is 17.3 Å². The smallest absolute Gasteiger partial charge is 0.125 e. The maximum atomic E-state index is 10.8. The SMILES string of the molecule is CC[C@H](C)[C@@H](C)[C@H]1O[C@@H]1CC(C)(C)C=O. The lowest BCUT2D eigenvalue weighted by Gasteiger charge is -2.17. The van der Waals surface area contributed by atoms with Crippen LogP contribution in [0.1, 0.15) is 47.5 Å². The van der Waals surface area contributed by atoms with Gasteiger partial charge in [-0.3, -0.25) is 0 Å². The van der Waals surface area contributed by atoms with Gasteiger partial charge in [-0.15, -0.1) is 0 Å². The van der Waals surface area contributed by atoms with Crippen LogP contribution in [0.5, 0.6) is 0 Å². The van der Waals surface area contributed by atoms with Crippen LogP contribution in [0.15, 0.2) is 0 Å². The quantitative estimate of drug-likeness (QED) is 0.500. The summed E-state index contributed by atoms with van der Waals surface area (Å²) in [6, 6.07) is 0. The van der Waals surface area contributed by atoms with Crippen molar-refractivity contribution in [3.05, 3.63) is 0 Å². The van der Waals surface area contributed by atoms with Gasteiger partial charge in [0.1, 0.15) is 6.29 Å². The molecule has 0 radical (unpaired) electrons. The van der Waals surface area contributed by atoms with Crippen molar-refractivity contribution < 1.29 is 9.53 Å². The van der Waals surface area contributed by atoms with Crippen LogP contribution >= 0.6 is 0 Å². The zero-order valence-corrected chi connectivity index (χ0v) is 10.6. The lowest BCUT2D eigenvalue weighted by atomic mass is 9.84. The molecule has 0 unspecified atom stereocenters. The molecule has 1 heterocycles. The zero-order chi connectivity index (χ0) is 11.6. The Labute approximate surface area is 93.4 Å². The Morgan fingerprint density at radius 2 is 2.00 bits per heavy atom. The predicted molar refractivity (Wildman–Crippen MR) is 61.7 cm³/mol. The summed E-state index contributed by atoms with van der Waals surface area (Å²) in [7, 11) is 0. The van der Waals surface area contributed by atoms with E-state index in [1.165, 1.54) is 6.42 Å². The maximum Gasteiger partial charge on any atom is 0.125 e. The highest BCUT2D eigenvalue weighted by atomic mass is 16.6. The molecule has 4 atom stereocenters. The Morgan fingerprint density at radius 1 is 1.40 bits per heavy atom. The predicted octanol–water partition coefficient (Wildman–Crippen LogP) is 3.05. The fourth-order valence-electron chi connectivity index (χ4n) is 2.05. The molecular formula is C13H24O2. The number of hydrogen-bond acceptors (Lipinski definition) is 2. The van der Waals surface area contributed by atoms with Gasteiger partial charge < -0.3 is 9.53 Å². The summed E-state index contributed by atoms with van der Waals surface area (Å²) in [4.78, 5) is 10.8. The van der Waals surface area contributed by atoms with Crippen LogP contribution in [-0.4, -0.2) is 18.5 Å². The van der Waals surface area contributed by atoms with Crippen LogP contribution in [0.4, 0.5) is 0 Å². The van der Waals surface area contributed by atoms with Crippen molar-refractivity contribution in [3.63, 3.8) is 0 Å². The highest BCUT2D eigenvalue weighted by Crippen LogP contribution is 2.40.